The van der Waals surface area contributed by atoms with E-state index in [1.807, 2.05) is 23.6 Å². The molecule has 1 unspecified atom stereocenters. The minimum Gasteiger partial charge on any atom is -0.336 e. The van der Waals surface area contributed by atoms with E-state index in [4.69, 9.17) is 5.26 Å². The van der Waals surface area contributed by atoms with E-state index in [1.54, 1.807) is 18.3 Å². The first-order valence-corrected chi connectivity index (χ1v) is 6.08. The average molecular weight is 236 g/mol. The predicted octanol–water partition coefficient (Wildman–Crippen LogP) is 2.60. The van der Waals surface area contributed by atoms with Crippen LogP contribution in [0.15, 0.2) is 17.5 Å². The molecule has 0 saturated heterocycles. The van der Waals surface area contributed by atoms with Crippen LogP contribution in [-0.2, 0) is 0 Å². The lowest BCUT2D eigenvalue weighted by atomic mass is 10.3. The Hall–Kier alpha value is -1.38. The molecule has 0 aromatic carbocycles. The molecule has 2 aromatic heterocycles. The first kappa shape index (κ1) is 10.1. The molecular weight excluding hydrogens is 228 g/mol. The largest absolute Gasteiger partial charge is 0.336 e. The van der Waals surface area contributed by atoms with Gasteiger partial charge in [0.25, 0.3) is 5.91 Å². The molecule has 0 radical (unpaired) electrons. The van der Waals surface area contributed by atoms with E-state index in [1.165, 1.54) is 11.3 Å². The fourth-order valence-corrected chi connectivity index (χ4v) is 3.19. The lowest BCUT2D eigenvalue weighted by molar-refractivity contribution is 0.0952. The van der Waals surface area contributed by atoms with Gasteiger partial charge in [-0.2, -0.15) is 5.26 Å². The third kappa shape index (κ3) is 2.01. The Labute approximate surface area is 95.0 Å². The van der Waals surface area contributed by atoms with E-state index in [0.717, 1.165) is 9.40 Å². The highest BCUT2D eigenvalue weighted by Gasteiger charge is 2.12. The number of thiophene rings is 2. The van der Waals surface area contributed by atoms with Crippen LogP contribution in [0.3, 0.4) is 0 Å². The number of hydrogen-bond donors (Lipinski definition) is 1. The van der Waals surface area contributed by atoms with Crippen molar-refractivity contribution in [3.05, 3.63) is 22.4 Å². The van der Waals surface area contributed by atoms with Gasteiger partial charge in [-0.15, -0.1) is 22.7 Å². The van der Waals surface area contributed by atoms with Crippen molar-refractivity contribution in [3.8, 4) is 6.07 Å². The summed E-state index contributed by atoms with van der Waals surface area (Å²) < 4.78 is 2.24. The van der Waals surface area contributed by atoms with Crippen LogP contribution < -0.4 is 5.32 Å². The van der Waals surface area contributed by atoms with Gasteiger partial charge in [-0.3, -0.25) is 4.79 Å². The Morgan fingerprint density at radius 3 is 3.07 bits per heavy atom. The zero-order valence-corrected chi connectivity index (χ0v) is 9.61. The van der Waals surface area contributed by atoms with Crippen molar-refractivity contribution in [2.75, 3.05) is 0 Å². The average Bonchev–Trinajstić information content (AvgIpc) is 2.76. The molecule has 0 fully saturated rings. The zero-order valence-electron chi connectivity index (χ0n) is 7.98. The number of carbonyl (C=O) groups excluding carboxylic acids is 1. The molecule has 2 aromatic rings. The van der Waals surface area contributed by atoms with Crippen LogP contribution in [-0.4, -0.2) is 11.9 Å². The summed E-state index contributed by atoms with van der Waals surface area (Å²) in [7, 11) is 0. The maximum atomic E-state index is 11.6. The molecule has 2 heterocycles. The van der Waals surface area contributed by atoms with Crippen LogP contribution in [0.25, 0.3) is 9.40 Å². The van der Waals surface area contributed by atoms with Crippen LogP contribution >= 0.6 is 22.7 Å². The smallest absolute Gasteiger partial charge is 0.262 e. The molecule has 0 saturated carbocycles. The molecule has 2 rings (SSSR count). The Bertz CT molecular complexity index is 506. The third-order valence-electron chi connectivity index (χ3n) is 1.90. The Morgan fingerprint density at radius 2 is 2.40 bits per heavy atom. The van der Waals surface area contributed by atoms with E-state index >= 15 is 0 Å². The molecule has 0 bridgehead atoms. The van der Waals surface area contributed by atoms with Gasteiger partial charge >= 0.3 is 0 Å². The van der Waals surface area contributed by atoms with Crippen LogP contribution in [0, 0.1) is 11.3 Å². The van der Waals surface area contributed by atoms with Crippen LogP contribution in [0.2, 0.25) is 0 Å². The van der Waals surface area contributed by atoms with Gasteiger partial charge in [-0.05, 0) is 24.4 Å². The van der Waals surface area contributed by atoms with E-state index in [2.05, 4.69) is 5.32 Å². The second kappa shape index (κ2) is 4.01. The molecular formula is C10H8N2OS2. The van der Waals surface area contributed by atoms with Crippen molar-refractivity contribution < 1.29 is 4.79 Å². The lowest BCUT2D eigenvalue weighted by Gasteiger charge is -2.03. The molecule has 1 atom stereocenters. The first-order chi connectivity index (χ1) is 7.20. The van der Waals surface area contributed by atoms with Crippen LogP contribution in [0.5, 0.6) is 0 Å². The summed E-state index contributed by atoms with van der Waals surface area (Å²) in [4.78, 5) is 12.3. The van der Waals surface area contributed by atoms with E-state index in [9.17, 15) is 4.79 Å². The number of amides is 1. The number of hydrogen-bond acceptors (Lipinski definition) is 4. The van der Waals surface area contributed by atoms with Gasteiger partial charge in [0.05, 0.1) is 10.9 Å². The zero-order chi connectivity index (χ0) is 10.8. The fourth-order valence-electron chi connectivity index (χ4n) is 1.18. The Kier molecular flexibility index (Phi) is 2.71. The number of carbonyl (C=O) groups is 1. The molecule has 1 amide bonds. The van der Waals surface area contributed by atoms with E-state index in [-0.39, 0.29) is 5.91 Å². The molecule has 0 aliphatic carbocycles. The van der Waals surface area contributed by atoms with Gasteiger partial charge in [0.2, 0.25) is 0 Å². The molecule has 3 nitrogen and oxygen atoms in total. The fraction of sp³-hybridized carbons (Fsp3) is 0.200. The number of rotatable bonds is 2. The number of nitriles is 1. The summed E-state index contributed by atoms with van der Waals surface area (Å²) >= 11 is 3.07. The Morgan fingerprint density at radius 1 is 1.60 bits per heavy atom. The number of nitrogens with one attached hydrogen (secondary N) is 1. The van der Waals surface area contributed by atoms with Crippen molar-refractivity contribution in [2.45, 2.75) is 13.0 Å². The van der Waals surface area contributed by atoms with Gasteiger partial charge in [0.1, 0.15) is 6.04 Å². The summed E-state index contributed by atoms with van der Waals surface area (Å²) in [5, 5.41) is 13.2. The second-order valence-corrected chi connectivity index (χ2v) is 5.12. The SMILES string of the molecule is CC(C#N)NC(=O)c1cc2sccc2s1. The summed E-state index contributed by atoms with van der Waals surface area (Å²) in [6.07, 6.45) is 0. The van der Waals surface area contributed by atoms with E-state index in [0.29, 0.717) is 4.88 Å². The van der Waals surface area contributed by atoms with Gasteiger partial charge in [-0.1, -0.05) is 0 Å². The molecule has 0 aliphatic heterocycles. The Balaban J connectivity index is 2.21. The quantitative estimate of drug-likeness (QED) is 0.871. The maximum Gasteiger partial charge on any atom is 0.262 e. The highest BCUT2D eigenvalue weighted by atomic mass is 32.1. The van der Waals surface area contributed by atoms with Gasteiger partial charge in [0, 0.05) is 9.40 Å². The van der Waals surface area contributed by atoms with Crippen LogP contribution in [0.1, 0.15) is 16.6 Å². The van der Waals surface area contributed by atoms with Gasteiger partial charge in [-0.25, -0.2) is 0 Å². The minimum atomic E-state index is -0.447. The second-order valence-electron chi connectivity index (χ2n) is 3.08. The van der Waals surface area contributed by atoms with Crippen molar-refractivity contribution in [2.24, 2.45) is 0 Å². The van der Waals surface area contributed by atoms with E-state index < -0.39 is 6.04 Å². The minimum absolute atomic E-state index is 0.169. The van der Waals surface area contributed by atoms with Gasteiger partial charge < -0.3 is 5.32 Å². The molecule has 15 heavy (non-hydrogen) atoms. The highest BCUT2D eigenvalue weighted by Crippen LogP contribution is 2.29. The highest BCUT2D eigenvalue weighted by molar-refractivity contribution is 7.27. The first-order valence-electron chi connectivity index (χ1n) is 4.38. The maximum absolute atomic E-state index is 11.6. The topological polar surface area (TPSA) is 52.9 Å². The number of nitrogens with zero attached hydrogens (tertiary/aromatic N) is 1. The monoisotopic (exact) mass is 236 g/mol. The summed E-state index contributed by atoms with van der Waals surface area (Å²) in [6, 6.07) is 5.38. The molecule has 1 N–H and O–H groups in total. The normalized spacial score (nSPS) is 12.3. The van der Waals surface area contributed by atoms with Crippen molar-refractivity contribution in [3.63, 3.8) is 0 Å². The van der Waals surface area contributed by atoms with Crippen LogP contribution in [0.4, 0.5) is 0 Å². The standard InChI is InChI=1S/C10H8N2OS2/c1-6(5-11)12-10(13)9-4-8-7(15-9)2-3-14-8/h2-4,6H,1H3,(H,12,13). The lowest BCUT2D eigenvalue weighted by Crippen LogP contribution is -2.30. The summed E-state index contributed by atoms with van der Waals surface area (Å²) in [6.45, 7) is 1.66. The number of fused-ring (bicyclic) bond motifs is 1. The molecule has 5 heteroatoms. The summed E-state index contributed by atoms with van der Waals surface area (Å²) in [5.74, 6) is -0.169. The molecule has 76 valence electrons. The summed E-state index contributed by atoms with van der Waals surface area (Å²) in [5.41, 5.74) is 0. The van der Waals surface area contributed by atoms with Crippen molar-refractivity contribution >= 4 is 38.0 Å². The van der Waals surface area contributed by atoms with Crippen molar-refractivity contribution in [1.29, 1.82) is 5.26 Å². The van der Waals surface area contributed by atoms with Gasteiger partial charge in [0.15, 0.2) is 0 Å². The van der Waals surface area contributed by atoms with Crippen molar-refractivity contribution in [1.82, 2.24) is 5.32 Å². The third-order valence-corrected chi connectivity index (χ3v) is 4.00. The predicted molar refractivity (Wildman–Crippen MR) is 62.2 cm³/mol. The molecule has 0 spiro atoms. The molecule has 0 aliphatic rings.